The van der Waals surface area contributed by atoms with Crippen molar-refractivity contribution in [1.82, 2.24) is 0 Å². The number of nitrogens with two attached hydrogens (primary N) is 1. The molecule has 3 N–H and O–H groups in total. The molecule has 0 aliphatic heterocycles. The first-order chi connectivity index (χ1) is 11.1. The molecular weight excluding hydrogens is 288 g/mol. The minimum Gasteiger partial charge on any atom is -0.457 e. The Bertz CT molecular complexity index is 636. The van der Waals surface area contributed by atoms with Crippen molar-refractivity contribution in [3.8, 4) is 11.5 Å². The van der Waals surface area contributed by atoms with Gasteiger partial charge in [0.2, 0.25) is 5.91 Å². The van der Waals surface area contributed by atoms with E-state index in [9.17, 15) is 4.79 Å². The number of benzene rings is 2. The number of nitrogens with one attached hydrogen (secondary N) is 1. The highest BCUT2D eigenvalue weighted by Gasteiger charge is 2.07. The fraction of sp³-hybridized carbons (Fsp3) is 0.316. The summed E-state index contributed by atoms with van der Waals surface area (Å²) in [5.41, 5.74) is 7.52. The molecule has 0 fully saturated rings. The number of hydrogen-bond acceptors (Lipinski definition) is 3. The highest BCUT2D eigenvalue weighted by molar-refractivity contribution is 5.94. The van der Waals surface area contributed by atoms with E-state index in [2.05, 4.69) is 24.4 Å². The van der Waals surface area contributed by atoms with Gasteiger partial charge in [0, 0.05) is 5.69 Å². The average molecular weight is 312 g/mol. The largest absolute Gasteiger partial charge is 0.457 e. The van der Waals surface area contributed by atoms with E-state index in [4.69, 9.17) is 10.5 Å². The molecule has 0 saturated heterocycles. The van der Waals surface area contributed by atoms with Crippen molar-refractivity contribution in [3.63, 3.8) is 0 Å². The number of amides is 1. The molecule has 0 bridgehead atoms. The van der Waals surface area contributed by atoms with Crippen LogP contribution in [-0.2, 0) is 11.2 Å². The molecule has 4 heteroatoms. The van der Waals surface area contributed by atoms with E-state index in [1.807, 2.05) is 24.3 Å². The molecule has 0 aliphatic carbocycles. The number of aryl methyl sites for hydroxylation is 1. The van der Waals surface area contributed by atoms with E-state index < -0.39 is 6.04 Å². The van der Waals surface area contributed by atoms with Crippen molar-refractivity contribution in [1.29, 1.82) is 0 Å². The Morgan fingerprint density at radius 2 is 1.91 bits per heavy atom. The summed E-state index contributed by atoms with van der Waals surface area (Å²) in [7, 11) is 0. The second-order valence-corrected chi connectivity index (χ2v) is 5.66. The second-order valence-electron chi connectivity index (χ2n) is 5.66. The van der Waals surface area contributed by atoms with Crippen LogP contribution in [0.2, 0.25) is 0 Å². The van der Waals surface area contributed by atoms with E-state index >= 15 is 0 Å². The Balaban J connectivity index is 1.99. The van der Waals surface area contributed by atoms with Gasteiger partial charge < -0.3 is 15.8 Å². The molecule has 122 valence electrons. The Morgan fingerprint density at radius 3 is 2.57 bits per heavy atom. The molecular formula is C19H24N2O2. The Kier molecular flexibility index (Phi) is 6.18. The fourth-order valence-corrected chi connectivity index (χ4v) is 2.14. The number of hydrogen-bond donors (Lipinski definition) is 2. The maximum absolute atomic E-state index is 11.5. The van der Waals surface area contributed by atoms with Crippen LogP contribution >= 0.6 is 0 Å². The Hall–Kier alpha value is -2.33. The summed E-state index contributed by atoms with van der Waals surface area (Å²) < 4.78 is 5.87. The normalized spacial score (nSPS) is 11.8. The number of anilines is 1. The van der Waals surface area contributed by atoms with Crippen LogP contribution in [0.5, 0.6) is 11.5 Å². The predicted octanol–water partition coefficient (Wildman–Crippen LogP) is 4.11. The van der Waals surface area contributed by atoms with Crippen LogP contribution in [0.25, 0.3) is 0 Å². The van der Waals surface area contributed by atoms with Crippen molar-refractivity contribution in [2.24, 2.45) is 5.73 Å². The van der Waals surface area contributed by atoms with Crippen LogP contribution in [0.3, 0.4) is 0 Å². The smallest absolute Gasteiger partial charge is 0.240 e. The SMILES string of the molecule is CCCCc1cccc(Oc2ccc(NC(=O)C(C)N)cc2)c1. The summed E-state index contributed by atoms with van der Waals surface area (Å²) in [6.07, 6.45) is 3.42. The molecule has 1 amide bonds. The molecule has 0 saturated carbocycles. The first-order valence-electron chi connectivity index (χ1n) is 8.02. The molecule has 2 aromatic rings. The van der Waals surface area contributed by atoms with Crippen LogP contribution in [0.1, 0.15) is 32.3 Å². The van der Waals surface area contributed by atoms with Crippen molar-refractivity contribution in [2.75, 3.05) is 5.32 Å². The summed E-state index contributed by atoms with van der Waals surface area (Å²) in [5, 5.41) is 2.75. The minimum absolute atomic E-state index is 0.206. The molecule has 0 spiro atoms. The second kappa shape index (κ2) is 8.34. The topological polar surface area (TPSA) is 64.3 Å². The lowest BCUT2D eigenvalue weighted by Gasteiger charge is -2.10. The molecule has 0 aliphatic rings. The van der Waals surface area contributed by atoms with Crippen LogP contribution in [0.4, 0.5) is 5.69 Å². The number of carbonyl (C=O) groups is 1. The van der Waals surface area contributed by atoms with Crippen LogP contribution < -0.4 is 15.8 Å². The predicted molar refractivity (Wildman–Crippen MR) is 93.8 cm³/mol. The van der Waals surface area contributed by atoms with Crippen molar-refractivity contribution < 1.29 is 9.53 Å². The standard InChI is InChI=1S/C19H24N2O2/c1-3-4-6-15-7-5-8-18(13-15)23-17-11-9-16(10-12-17)21-19(22)14(2)20/h5,7-14H,3-4,6,20H2,1-2H3,(H,21,22). The van der Waals surface area contributed by atoms with Gasteiger partial charge in [0.25, 0.3) is 0 Å². The van der Waals surface area contributed by atoms with E-state index in [1.165, 1.54) is 18.4 Å². The van der Waals surface area contributed by atoms with Gasteiger partial charge in [0.05, 0.1) is 6.04 Å². The number of unbranched alkanes of at least 4 members (excludes halogenated alkanes) is 1. The zero-order valence-electron chi connectivity index (χ0n) is 13.7. The van der Waals surface area contributed by atoms with Gasteiger partial charge in [-0.3, -0.25) is 4.79 Å². The minimum atomic E-state index is -0.531. The summed E-state index contributed by atoms with van der Waals surface area (Å²) >= 11 is 0. The molecule has 1 atom stereocenters. The summed E-state index contributed by atoms with van der Waals surface area (Å²) in [5.74, 6) is 1.35. The van der Waals surface area contributed by atoms with E-state index in [-0.39, 0.29) is 5.91 Å². The van der Waals surface area contributed by atoms with Gasteiger partial charge in [0.15, 0.2) is 0 Å². The van der Waals surface area contributed by atoms with Gasteiger partial charge in [-0.2, -0.15) is 0 Å². The number of ether oxygens (including phenoxy) is 1. The highest BCUT2D eigenvalue weighted by Crippen LogP contribution is 2.24. The zero-order chi connectivity index (χ0) is 16.7. The van der Waals surface area contributed by atoms with E-state index in [0.29, 0.717) is 5.69 Å². The third-order valence-corrected chi connectivity index (χ3v) is 3.49. The van der Waals surface area contributed by atoms with Gasteiger partial charge in [-0.05, 0) is 61.7 Å². The summed E-state index contributed by atoms with van der Waals surface area (Å²) in [4.78, 5) is 11.5. The lowest BCUT2D eigenvalue weighted by molar-refractivity contribution is -0.117. The maximum atomic E-state index is 11.5. The molecule has 0 heterocycles. The van der Waals surface area contributed by atoms with Crippen molar-refractivity contribution in [3.05, 3.63) is 54.1 Å². The molecule has 2 rings (SSSR count). The zero-order valence-corrected chi connectivity index (χ0v) is 13.7. The third-order valence-electron chi connectivity index (χ3n) is 3.49. The molecule has 0 radical (unpaired) electrons. The molecule has 1 unspecified atom stereocenters. The Morgan fingerprint density at radius 1 is 1.17 bits per heavy atom. The molecule has 4 nitrogen and oxygen atoms in total. The number of rotatable bonds is 7. The summed E-state index contributed by atoms with van der Waals surface area (Å²) in [6, 6.07) is 14.9. The van der Waals surface area contributed by atoms with E-state index in [0.717, 1.165) is 17.9 Å². The van der Waals surface area contributed by atoms with Crippen LogP contribution in [-0.4, -0.2) is 11.9 Å². The van der Waals surface area contributed by atoms with Gasteiger partial charge in [-0.25, -0.2) is 0 Å². The van der Waals surface area contributed by atoms with Gasteiger partial charge in [0.1, 0.15) is 11.5 Å². The van der Waals surface area contributed by atoms with Crippen LogP contribution in [0, 0.1) is 0 Å². The van der Waals surface area contributed by atoms with E-state index in [1.54, 1.807) is 19.1 Å². The van der Waals surface area contributed by atoms with Crippen LogP contribution in [0.15, 0.2) is 48.5 Å². The van der Waals surface area contributed by atoms with Gasteiger partial charge in [-0.15, -0.1) is 0 Å². The first kappa shape index (κ1) is 17.0. The fourth-order valence-electron chi connectivity index (χ4n) is 2.14. The Labute approximate surface area is 137 Å². The maximum Gasteiger partial charge on any atom is 0.240 e. The van der Waals surface area contributed by atoms with Crippen molar-refractivity contribution in [2.45, 2.75) is 39.2 Å². The molecule has 2 aromatic carbocycles. The molecule has 0 aromatic heterocycles. The average Bonchev–Trinajstić information content (AvgIpc) is 2.55. The third kappa shape index (κ3) is 5.42. The lowest BCUT2D eigenvalue weighted by Crippen LogP contribution is -2.32. The monoisotopic (exact) mass is 312 g/mol. The molecule has 23 heavy (non-hydrogen) atoms. The highest BCUT2D eigenvalue weighted by atomic mass is 16.5. The lowest BCUT2D eigenvalue weighted by atomic mass is 10.1. The number of carbonyl (C=O) groups excluding carboxylic acids is 1. The van der Waals surface area contributed by atoms with Gasteiger partial charge >= 0.3 is 0 Å². The summed E-state index contributed by atoms with van der Waals surface area (Å²) in [6.45, 7) is 3.84. The van der Waals surface area contributed by atoms with Gasteiger partial charge in [-0.1, -0.05) is 25.5 Å². The quantitative estimate of drug-likeness (QED) is 0.808. The van der Waals surface area contributed by atoms with Crippen molar-refractivity contribution >= 4 is 11.6 Å². The first-order valence-corrected chi connectivity index (χ1v) is 8.02.